The third kappa shape index (κ3) is 1.90. The maximum atomic E-state index is 11.6. The predicted octanol–water partition coefficient (Wildman–Crippen LogP) is 1.93. The number of hydrogen-bond donors (Lipinski definition) is 2. The molecule has 1 aliphatic carbocycles. The molecule has 0 saturated heterocycles. The Labute approximate surface area is 87.5 Å². The minimum absolute atomic E-state index is 0.0610. The van der Waals surface area contributed by atoms with Gasteiger partial charge in [-0.05, 0) is 24.5 Å². The number of hydrogen-bond acceptors (Lipinski definition) is 3. The van der Waals surface area contributed by atoms with E-state index in [2.05, 4.69) is 17.6 Å². The number of carbonyl (C=O) groups is 1. The van der Waals surface area contributed by atoms with Gasteiger partial charge < -0.3 is 10.6 Å². The molecule has 2 unspecified atom stereocenters. The van der Waals surface area contributed by atoms with Gasteiger partial charge in [-0.1, -0.05) is 6.92 Å². The number of amides is 1. The van der Waals surface area contributed by atoms with Gasteiger partial charge in [0.15, 0.2) is 0 Å². The summed E-state index contributed by atoms with van der Waals surface area (Å²) < 4.78 is 0. The van der Waals surface area contributed by atoms with Crippen LogP contribution in [0.25, 0.3) is 0 Å². The van der Waals surface area contributed by atoms with Crippen LogP contribution < -0.4 is 10.6 Å². The van der Waals surface area contributed by atoms with E-state index in [1.807, 2.05) is 19.2 Å². The summed E-state index contributed by atoms with van der Waals surface area (Å²) in [5.41, 5.74) is 0. The lowest BCUT2D eigenvalue weighted by Crippen LogP contribution is -2.25. The maximum Gasteiger partial charge on any atom is 0.261 e. The summed E-state index contributed by atoms with van der Waals surface area (Å²) in [4.78, 5) is 12.4. The standard InChI is InChI=1S/C10H14N2OS/c1-6-5-7(6)12-10(13)8-3-4-9(11-2)14-8/h3-4,6-7,11H,5H2,1-2H3,(H,12,13). The molecule has 0 radical (unpaired) electrons. The lowest BCUT2D eigenvalue weighted by molar-refractivity contribution is 0.0953. The minimum Gasteiger partial charge on any atom is -0.380 e. The van der Waals surface area contributed by atoms with E-state index in [1.165, 1.54) is 11.3 Å². The van der Waals surface area contributed by atoms with Crippen molar-refractivity contribution in [3.63, 3.8) is 0 Å². The van der Waals surface area contributed by atoms with Gasteiger partial charge in [-0.25, -0.2) is 0 Å². The molecule has 14 heavy (non-hydrogen) atoms. The Morgan fingerprint density at radius 2 is 2.29 bits per heavy atom. The highest BCUT2D eigenvalue weighted by Gasteiger charge is 2.34. The average molecular weight is 210 g/mol. The molecule has 3 nitrogen and oxygen atoms in total. The molecule has 1 aromatic heterocycles. The second-order valence-electron chi connectivity index (χ2n) is 3.71. The molecule has 1 aromatic rings. The molecule has 0 spiro atoms. The van der Waals surface area contributed by atoms with Gasteiger partial charge in [-0.2, -0.15) is 0 Å². The normalized spacial score (nSPS) is 24.4. The zero-order chi connectivity index (χ0) is 10.1. The highest BCUT2D eigenvalue weighted by atomic mass is 32.1. The van der Waals surface area contributed by atoms with E-state index < -0.39 is 0 Å². The van der Waals surface area contributed by atoms with Crippen molar-refractivity contribution in [3.05, 3.63) is 17.0 Å². The van der Waals surface area contributed by atoms with Crippen molar-refractivity contribution in [1.82, 2.24) is 5.32 Å². The van der Waals surface area contributed by atoms with Crippen LogP contribution in [0.3, 0.4) is 0 Å². The van der Waals surface area contributed by atoms with Crippen molar-refractivity contribution < 1.29 is 4.79 Å². The number of carbonyl (C=O) groups excluding carboxylic acids is 1. The van der Waals surface area contributed by atoms with Crippen molar-refractivity contribution >= 4 is 22.2 Å². The van der Waals surface area contributed by atoms with Crippen molar-refractivity contribution in [3.8, 4) is 0 Å². The van der Waals surface area contributed by atoms with Gasteiger partial charge in [-0.15, -0.1) is 11.3 Å². The lowest BCUT2D eigenvalue weighted by atomic mass is 10.4. The number of anilines is 1. The molecular formula is C10H14N2OS. The highest BCUT2D eigenvalue weighted by molar-refractivity contribution is 7.17. The molecule has 1 aliphatic rings. The number of thiophene rings is 1. The summed E-state index contributed by atoms with van der Waals surface area (Å²) >= 11 is 1.49. The van der Waals surface area contributed by atoms with Gasteiger partial charge >= 0.3 is 0 Å². The topological polar surface area (TPSA) is 41.1 Å². The Morgan fingerprint density at radius 1 is 1.57 bits per heavy atom. The molecule has 1 saturated carbocycles. The van der Waals surface area contributed by atoms with Crippen LogP contribution in [0.15, 0.2) is 12.1 Å². The molecule has 1 amide bonds. The van der Waals surface area contributed by atoms with Crippen LogP contribution in [0, 0.1) is 5.92 Å². The van der Waals surface area contributed by atoms with E-state index in [-0.39, 0.29) is 5.91 Å². The molecule has 76 valence electrons. The van der Waals surface area contributed by atoms with E-state index in [9.17, 15) is 4.79 Å². The first kappa shape index (κ1) is 9.52. The average Bonchev–Trinajstić information content (AvgIpc) is 2.72. The SMILES string of the molecule is CNc1ccc(C(=O)NC2CC2C)s1. The van der Waals surface area contributed by atoms with Gasteiger partial charge in [0, 0.05) is 13.1 Å². The Balaban J connectivity index is 1.96. The summed E-state index contributed by atoms with van der Waals surface area (Å²) in [6.07, 6.45) is 1.12. The molecule has 1 fully saturated rings. The van der Waals surface area contributed by atoms with E-state index in [0.717, 1.165) is 16.3 Å². The fourth-order valence-corrected chi connectivity index (χ4v) is 2.12. The Bertz CT molecular complexity index is 348. The van der Waals surface area contributed by atoms with Gasteiger partial charge in [0.2, 0.25) is 0 Å². The van der Waals surface area contributed by atoms with Crippen LogP contribution in [-0.4, -0.2) is 19.0 Å². The lowest BCUT2D eigenvalue weighted by Gasteiger charge is -2.00. The number of nitrogens with one attached hydrogen (secondary N) is 2. The maximum absolute atomic E-state index is 11.6. The summed E-state index contributed by atoms with van der Waals surface area (Å²) in [5.74, 6) is 0.716. The largest absolute Gasteiger partial charge is 0.380 e. The van der Waals surface area contributed by atoms with E-state index >= 15 is 0 Å². The van der Waals surface area contributed by atoms with Crippen LogP contribution in [0.2, 0.25) is 0 Å². The number of rotatable bonds is 3. The Hall–Kier alpha value is -1.03. The molecule has 0 aromatic carbocycles. The zero-order valence-electron chi connectivity index (χ0n) is 8.33. The fraction of sp³-hybridized carbons (Fsp3) is 0.500. The van der Waals surface area contributed by atoms with E-state index in [4.69, 9.17) is 0 Å². The van der Waals surface area contributed by atoms with Gasteiger partial charge in [-0.3, -0.25) is 4.79 Å². The van der Waals surface area contributed by atoms with Crippen molar-refractivity contribution in [2.45, 2.75) is 19.4 Å². The van der Waals surface area contributed by atoms with E-state index in [0.29, 0.717) is 12.0 Å². The second kappa shape index (κ2) is 3.61. The smallest absolute Gasteiger partial charge is 0.261 e. The first-order valence-electron chi connectivity index (χ1n) is 4.79. The molecule has 2 atom stereocenters. The summed E-state index contributed by atoms with van der Waals surface area (Å²) in [5, 5.41) is 7.05. The first-order chi connectivity index (χ1) is 6.70. The molecule has 4 heteroatoms. The molecule has 2 N–H and O–H groups in total. The van der Waals surface area contributed by atoms with Crippen molar-refractivity contribution in [2.24, 2.45) is 5.92 Å². The molecule has 2 rings (SSSR count). The van der Waals surface area contributed by atoms with Gasteiger partial charge in [0.1, 0.15) is 0 Å². The Kier molecular flexibility index (Phi) is 2.46. The van der Waals surface area contributed by atoms with Crippen LogP contribution in [-0.2, 0) is 0 Å². The molecule has 0 aliphatic heterocycles. The van der Waals surface area contributed by atoms with Crippen LogP contribution >= 0.6 is 11.3 Å². The van der Waals surface area contributed by atoms with E-state index in [1.54, 1.807) is 0 Å². The molecule has 0 bridgehead atoms. The van der Waals surface area contributed by atoms with Crippen LogP contribution in [0.5, 0.6) is 0 Å². The van der Waals surface area contributed by atoms with Gasteiger partial charge in [0.05, 0.1) is 9.88 Å². The summed E-state index contributed by atoms with van der Waals surface area (Å²) in [7, 11) is 1.86. The third-order valence-corrected chi connectivity index (χ3v) is 3.60. The monoisotopic (exact) mass is 210 g/mol. The zero-order valence-corrected chi connectivity index (χ0v) is 9.15. The molecular weight excluding hydrogens is 196 g/mol. The van der Waals surface area contributed by atoms with Crippen molar-refractivity contribution in [1.29, 1.82) is 0 Å². The van der Waals surface area contributed by atoms with Crippen LogP contribution in [0.1, 0.15) is 23.0 Å². The quantitative estimate of drug-likeness (QED) is 0.800. The predicted molar refractivity (Wildman–Crippen MR) is 58.9 cm³/mol. The fourth-order valence-electron chi connectivity index (χ4n) is 1.36. The molecule has 1 heterocycles. The minimum atomic E-state index is 0.0610. The Morgan fingerprint density at radius 3 is 2.79 bits per heavy atom. The first-order valence-corrected chi connectivity index (χ1v) is 5.61. The highest BCUT2D eigenvalue weighted by Crippen LogP contribution is 2.30. The summed E-state index contributed by atoms with van der Waals surface area (Å²) in [6.45, 7) is 2.15. The second-order valence-corrected chi connectivity index (χ2v) is 4.79. The summed E-state index contributed by atoms with van der Waals surface area (Å²) in [6, 6.07) is 4.19. The van der Waals surface area contributed by atoms with Gasteiger partial charge in [0.25, 0.3) is 5.91 Å². The van der Waals surface area contributed by atoms with Crippen molar-refractivity contribution in [2.75, 3.05) is 12.4 Å². The third-order valence-electron chi connectivity index (χ3n) is 2.50. The van der Waals surface area contributed by atoms with Crippen LogP contribution in [0.4, 0.5) is 5.00 Å².